The molecular formula is C14H27N3O. The van der Waals surface area contributed by atoms with E-state index in [9.17, 15) is 4.79 Å². The topological polar surface area (TPSA) is 44.4 Å². The van der Waals surface area contributed by atoms with Crippen LogP contribution in [0.15, 0.2) is 0 Å². The second kappa shape index (κ2) is 6.53. The number of piperidine rings is 1. The van der Waals surface area contributed by atoms with Crippen molar-refractivity contribution in [2.75, 3.05) is 39.3 Å². The van der Waals surface area contributed by atoms with E-state index in [1.165, 1.54) is 25.9 Å². The van der Waals surface area contributed by atoms with Gasteiger partial charge in [-0.25, -0.2) is 0 Å². The summed E-state index contributed by atoms with van der Waals surface area (Å²) in [5, 5.41) is 6.45. The maximum atomic E-state index is 12.1. The zero-order chi connectivity index (χ0) is 13.0. The summed E-state index contributed by atoms with van der Waals surface area (Å²) in [6, 6.07) is 0. The summed E-state index contributed by atoms with van der Waals surface area (Å²) < 4.78 is 0. The van der Waals surface area contributed by atoms with Gasteiger partial charge in [-0.15, -0.1) is 0 Å². The summed E-state index contributed by atoms with van der Waals surface area (Å²) in [4.78, 5) is 14.5. The standard InChI is InChI=1S/C14H27N3O/c1-3-17-6-4-12(5-7-17)9-16-14(18)13-10-15-8-11(13)2/h11-13,15H,3-10H2,1-2H3,(H,16,18). The Labute approximate surface area is 110 Å². The van der Waals surface area contributed by atoms with E-state index >= 15 is 0 Å². The van der Waals surface area contributed by atoms with E-state index in [1.807, 2.05) is 0 Å². The summed E-state index contributed by atoms with van der Waals surface area (Å²) in [5.41, 5.74) is 0. The smallest absolute Gasteiger partial charge is 0.224 e. The predicted octanol–water partition coefficient (Wildman–Crippen LogP) is 0.690. The van der Waals surface area contributed by atoms with Gasteiger partial charge in [0, 0.05) is 13.1 Å². The minimum atomic E-state index is 0.181. The first-order valence-electron chi connectivity index (χ1n) is 7.41. The van der Waals surface area contributed by atoms with Crippen molar-refractivity contribution in [2.24, 2.45) is 17.8 Å². The molecule has 2 unspecified atom stereocenters. The largest absolute Gasteiger partial charge is 0.356 e. The van der Waals surface area contributed by atoms with Gasteiger partial charge >= 0.3 is 0 Å². The Hall–Kier alpha value is -0.610. The molecule has 0 radical (unpaired) electrons. The van der Waals surface area contributed by atoms with Gasteiger partial charge in [-0.3, -0.25) is 4.79 Å². The average molecular weight is 253 g/mol. The fourth-order valence-corrected chi connectivity index (χ4v) is 3.04. The number of nitrogens with one attached hydrogen (secondary N) is 2. The fraction of sp³-hybridized carbons (Fsp3) is 0.929. The first-order valence-corrected chi connectivity index (χ1v) is 7.41. The summed E-state index contributed by atoms with van der Waals surface area (Å²) in [6.45, 7) is 10.6. The van der Waals surface area contributed by atoms with Crippen LogP contribution >= 0.6 is 0 Å². The van der Waals surface area contributed by atoms with Crippen molar-refractivity contribution in [3.63, 3.8) is 0 Å². The van der Waals surface area contributed by atoms with E-state index in [1.54, 1.807) is 0 Å². The van der Waals surface area contributed by atoms with E-state index < -0.39 is 0 Å². The molecule has 0 aliphatic carbocycles. The van der Waals surface area contributed by atoms with Crippen molar-refractivity contribution >= 4 is 5.91 Å². The third-order valence-electron chi connectivity index (χ3n) is 4.57. The highest BCUT2D eigenvalue weighted by Crippen LogP contribution is 2.18. The van der Waals surface area contributed by atoms with E-state index in [0.29, 0.717) is 11.8 Å². The molecule has 4 heteroatoms. The van der Waals surface area contributed by atoms with Crippen molar-refractivity contribution in [3.05, 3.63) is 0 Å². The molecule has 2 N–H and O–H groups in total. The van der Waals surface area contributed by atoms with Gasteiger partial charge in [0.05, 0.1) is 5.92 Å². The van der Waals surface area contributed by atoms with Gasteiger partial charge in [0.15, 0.2) is 0 Å². The molecule has 2 atom stereocenters. The average Bonchev–Trinajstić information content (AvgIpc) is 2.83. The van der Waals surface area contributed by atoms with Crippen LogP contribution in [0.1, 0.15) is 26.7 Å². The zero-order valence-electron chi connectivity index (χ0n) is 11.7. The lowest BCUT2D eigenvalue weighted by Gasteiger charge is -2.31. The van der Waals surface area contributed by atoms with E-state index in [2.05, 4.69) is 29.4 Å². The molecule has 2 aliphatic heterocycles. The maximum absolute atomic E-state index is 12.1. The van der Waals surface area contributed by atoms with E-state index in [-0.39, 0.29) is 11.8 Å². The van der Waals surface area contributed by atoms with Crippen LogP contribution < -0.4 is 10.6 Å². The predicted molar refractivity (Wildman–Crippen MR) is 73.4 cm³/mol. The highest BCUT2D eigenvalue weighted by molar-refractivity contribution is 5.79. The number of likely N-dealkylation sites (tertiary alicyclic amines) is 1. The maximum Gasteiger partial charge on any atom is 0.224 e. The Morgan fingerprint density at radius 2 is 2.06 bits per heavy atom. The number of rotatable bonds is 4. The van der Waals surface area contributed by atoms with Crippen molar-refractivity contribution in [1.82, 2.24) is 15.5 Å². The molecule has 0 spiro atoms. The second-order valence-electron chi connectivity index (χ2n) is 5.86. The monoisotopic (exact) mass is 253 g/mol. The summed E-state index contributed by atoms with van der Waals surface area (Å²) >= 11 is 0. The van der Waals surface area contributed by atoms with Crippen molar-refractivity contribution in [3.8, 4) is 0 Å². The van der Waals surface area contributed by atoms with Crippen molar-refractivity contribution in [2.45, 2.75) is 26.7 Å². The molecule has 1 amide bonds. The SMILES string of the molecule is CCN1CCC(CNC(=O)C2CNCC2C)CC1. The molecule has 0 aromatic carbocycles. The molecule has 0 bridgehead atoms. The fourth-order valence-electron chi connectivity index (χ4n) is 3.04. The minimum absolute atomic E-state index is 0.181. The highest BCUT2D eigenvalue weighted by atomic mass is 16.1. The van der Waals surface area contributed by atoms with Crippen LogP contribution in [0.3, 0.4) is 0 Å². The third-order valence-corrected chi connectivity index (χ3v) is 4.57. The van der Waals surface area contributed by atoms with Crippen LogP contribution in [0.25, 0.3) is 0 Å². The van der Waals surface area contributed by atoms with Gasteiger partial charge in [0.2, 0.25) is 5.91 Å². The second-order valence-corrected chi connectivity index (χ2v) is 5.86. The molecule has 0 aromatic rings. The molecule has 18 heavy (non-hydrogen) atoms. The molecule has 2 aliphatic rings. The van der Waals surface area contributed by atoms with Gasteiger partial charge in [-0.05, 0) is 50.9 Å². The lowest BCUT2D eigenvalue weighted by Crippen LogP contribution is -2.41. The molecule has 104 valence electrons. The molecular weight excluding hydrogens is 226 g/mol. The summed E-state index contributed by atoms with van der Waals surface area (Å²) in [7, 11) is 0. The Balaban J connectivity index is 1.67. The van der Waals surface area contributed by atoms with Crippen molar-refractivity contribution in [1.29, 1.82) is 0 Å². The number of carbonyl (C=O) groups excluding carboxylic acids is 1. The van der Waals surface area contributed by atoms with Gasteiger partial charge in [-0.1, -0.05) is 13.8 Å². The molecule has 2 fully saturated rings. The quantitative estimate of drug-likeness (QED) is 0.775. The number of carbonyl (C=O) groups is 1. The van der Waals surface area contributed by atoms with E-state index in [4.69, 9.17) is 0 Å². The lowest BCUT2D eigenvalue weighted by atomic mass is 9.94. The Bertz CT molecular complexity index is 274. The highest BCUT2D eigenvalue weighted by Gasteiger charge is 2.29. The molecule has 2 saturated heterocycles. The number of hydrogen-bond acceptors (Lipinski definition) is 3. The number of nitrogens with zero attached hydrogens (tertiary/aromatic N) is 1. The van der Waals surface area contributed by atoms with Gasteiger partial charge < -0.3 is 15.5 Å². The Morgan fingerprint density at radius 1 is 1.33 bits per heavy atom. The number of amides is 1. The Morgan fingerprint density at radius 3 is 2.61 bits per heavy atom. The van der Waals surface area contributed by atoms with Crippen LogP contribution in [-0.2, 0) is 4.79 Å². The van der Waals surface area contributed by atoms with Crippen LogP contribution in [0.2, 0.25) is 0 Å². The van der Waals surface area contributed by atoms with Crippen LogP contribution in [-0.4, -0.2) is 50.1 Å². The first-order chi connectivity index (χ1) is 8.70. The van der Waals surface area contributed by atoms with Gasteiger partial charge in [0.25, 0.3) is 0 Å². The summed E-state index contributed by atoms with van der Waals surface area (Å²) in [6.07, 6.45) is 2.46. The molecule has 0 saturated carbocycles. The summed E-state index contributed by atoms with van der Waals surface area (Å²) in [5.74, 6) is 1.60. The minimum Gasteiger partial charge on any atom is -0.356 e. The van der Waals surface area contributed by atoms with Crippen LogP contribution in [0.5, 0.6) is 0 Å². The van der Waals surface area contributed by atoms with Crippen LogP contribution in [0, 0.1) is 17.8 Å². The molecule has 4 nitrogen and oxygen atoms in total. The van der Waals surface area contributed by atoms with Crippen LogP contribution in [0.4, 0.5) is 0 Å². The molecule has 2 rings (SSSR count). The Kier molecular flexibility index (Phi) is 5.01. The molecule has 2 heterocycles. The van der Waals surface area contributed by atoms with Gasteiger partial charge in [-0.2, -0.15) is 0 Å². The normalized spacial score (nSPS) is 30.6. The third kappa shape index (κ3) is 3.45. The first kappa shape index (κ1) is 13.8. The lowest BCUT2D eigenvalue weighted by molar-refractivity contribution is -0.125. The van der Waals surface area contributed by atoms with E-state index in [0.717, 1.165) is 26.2 Å². The van der Waals surface area contributed by atoms with Crippen molar-refractivity contribution < 1.29 is 4.79 Å². The van der Waals surface area contributed by atoms with Gasteiger partial charge in [0.1, 0.15) is 0 Å². The zero-order valence-corrected chi connectivity index (χ0v) is 11.7. The number of hydrogen-bond donors (Lipinski definition) is 2. The molecule has 0 aromatic heterocycles.